The Morgan fingerprint density at radius 3 is 2.21 bits per heavy atom. The van der Waals surface area contributed by atoms with Crippen molar-refractivity contribution < 1.29 is 9.53 Å². The summed E-state index contributed by atoms with van der Waals surface area (Å²) in [5.74, 6) is 0.380. The van der Waals surface area contributed by atoms with E-state index in [1.807, 2.05) is 0 Å². The predicted octanol–water partition coefficient (Wildman–Crippen LogP) is 2.60. The molecule has 146 valence electrons. The fourth-order valence-electron chi connectivity index (χ4n) is 3.32. The van der Waals surface area contributed by atoms with Gasteiger partial charge in [-0.25, -0.2) is 0 Å². The minimum absolute atomic E-state index is 0. The molecule has 7 heteroatoms. The topological polar surface area (TPSA) is 67.6 Å². The van der Waals surface area contributed by atoms with Gasteiger partial charge in [-0.05, 0) is 26.2 Å². The van der Waals surface area contributed by atoms with E-state index in [0.29, 0.717) is 6.54 Å². The number of nitrogens with one attached hydrogen (secondary N) is 1. The monoisotopic (exact) mass is 385 g/mol. The van der Waals surface area contributed by atoms with E-state index in [4.69, 9.17) is 10.5 Å². The average Bonchev–Trinajstić information content (AvgIpc) is 2.42. The molecule has 24 heavy (non-hydrogen) atoms. The number of rotatable bonds is 8. The third-order valence-electron chi connectivity index (χ3n) is 4.28. The summed E-state index contributed by atoms with van der Waals surface area (Å²) in [4.78, 5) is 15.1. The number of halogens is 2. The molecule has 4 atom stereocenters. The molecule has 0 spiro atoms. The molecule has 0 bridgehead atoms. The normalized spacial score (nSPS) is 23.8. The van der Waals surface area contributed by atoms with Gasteiger partial charge in [0.2, 0.25) is 5.91 Å². The van der Waals surface area contributed by atoms with E-state index in [-0.39, 0.29) is 60.9 Å². The molecule has 1 saturated heterocycles. The highest BCUT2D eigenvalue weighted by Gasteiger charge is 2.34. The molecular formula is C17H37Cl2N3O2. The molecular weight excluding hydrogens is 349 g/mol. The van der Waals surface area contributed by atoms with Gasteiger partial charge in [0.15, 0.2) is 0 Å². The first-order valence-corrected chi connectivity index (χ1v) is 8.78. The van der Waals surface area contributed by atoms with Crippen LogP contribution in [-0.2, 0) is 9.53 Å². The molecule has 1 heterocycles. The molecule has 0 aromatic rings. The minimum atomic E-state index is -0.107. The number of unbranched alkanes of at least 4 members (excludes halogenated alkanes) is 1. The third kappa shape index (κ3) is 8.34. The summed E-state index contributed by atoms with van der Waals surface area (Å²) in [6.07, 6.45) is 3.52. The summed E-state index contributed by atoms with van der Waals surface area (Å²) >= 11 is 0. The highest BCUT2D eigenvalue weighted by atomic mass is 35.5. The number of nitrogens with zero attached hydrogens (tertiary/aromatic N) is 1. The maximum atomic E-state index is 12.8. The lowest BCUT2D eigenvalue weighted by atomic mass is 9.98. The molecule has 5 nitrogen and oxygen atoms in total. The lowest BCUT2D eigenvalue weighted by Crippen LogP contribution is -2.58. The van der Waals surface area contributed by atoms with Gasteiger partial charge in [-0.15, -0.1) is 24.8 Å². The van der Waals surface area contributed by atoms with Crippen molar-refractivity contribution in [2.45, 2.75) is 78.2 Å². The second-order valence-corrected chi connectivity index (χ2v) is 6.98. The van der Waals surface area contributed by atoms with E-state index in [0.717, 1.165) is 32.4 Å². The summed E-state index contributed by atoms with van der Waals surface area (Å²) in [6, 6.07) is -0.0194. The smallest absolute Gasteiger partial charge is 0.237 e. The van der Waals surface area contributed by atoms with Crippen molar-refractivity contribution in [3.63, 3.8) is 0 Å². The van der Waals surface area contributed by atoms with Crippen molar-refractivity contribution in [2.75, 3.05) is 19.6 Å². The Hall–Kier alpha value is -0.0700. The van der Waals surface area contributed by atoms with Crippen LogP contribution in [0.5, 0.6) is 0 Å². The van der Waals surface area contributed by atoms with Crippen LogP contribution < -0.4 is 11.1 Å². The van der Waals surface area contributed by atoms with Crippen LogP contribution in [0.1, 0.15) is 53.9 Å². The van der Waals surface area contributed by atoms with Gasteiger partial charge in [-0.2, -0.15) is 0 Å². The third-order valence-corrected chi connectivity index (χ3v) is 4.28. The summed E-state index contributed by atoms with van der Waals surface area (Å²) in [7, 11) is 0. The van der Waals surface area contributed by atoms with Gasteiger partial charge in [0.1, 0.15) is 0 Å². The summed E-state index contributed by atoms with van der Waals surface area (Å²) in [5.41, 5.74) is 5.81. The summed E-state index contributed by atoms with van der Waals surface area (Å²) < 4.78 is 5.79. The van der Waals surface area contributed by atoms with Gasteiger partial charge < -0.3 is 15.8 Å². The van der Waals surface area contributed by atoms with E-state index in [2.05, 4.69) is 44.8 Å². The molecule has 1 fully saturated rings. The molecule has 0 aromatic carbocycles. The number of carbonyl (C=O) groups excluding carboxylic acids is 1. The Bertz CT molecular complexity index is 336. The first-order chi connectivity index (χ1) is 10.4. The number of nitrogens with two attached hydrogens (primary N) is 1. The maximum Gasteiger partial charge on any atom is 0.237 e. The van der Waals surface area contributed by atoms with Gasteiger partial charge >= 0.3 is 0 Å². The maximum absolute atomic E-state index is 12.8. The number of morpholine rings is 1. The van der Waals surface area contributed by atoms with Gasteiger partial charge in [0, 0.05) is 25.7 Å². The molecule has 1 rings (SSSR count). The second-order valence-electron chi connectivity index (χ2n) is 6.98. The van der Waals surface area contributed by atoms with Crippen LogP contribution >= 0.6 is 24.8 Å². The fourth-order valence-corrected chi connectivity index (χ4v) is 3.32. The zero-order chi connectivity index (χ0) is 16.7. The van der Waals surface area contributed by atoms with Crippen molar-refractivity contribution >= 4 is 30.7 Å². The lowest BCUT2D eigenvalue weighted by molar-refractivity contribution is -0.136. The number of carbonyl (C=O) groups is 1. The SMILES string of the molecule is CCCCC(CN)NC(=O)C(C(C)C)N1CC(C)OC(C)C1.Cl.Cl. The first kappa shape index (κ1) is 26.2. The Kier molecular flexibility index (Phi) is 14.4. The quantitative estimate of drug-likeness (QED) is 0.673. The standard InChI is InChI=1S/C17H35N3O2.2ClH/c1-6-7-8-15(9-18)19-17(21)16(12(2)3)20-10-13(4)22-14(5)11-20;;/h12-16H,6-11,18H2,1-5H3,(H,19,21);2*1H. The molecule has 4 unspecified atom stereocenters. The predicted molar refractivity (Wildman–Crippen MR) is 105 cm³/mol. The molecule has 1 amide bonds. The van der Waals surface area contributed by atoms with E-state index in [1.165, 1.54) is 0 Å². The van der Waals surface area contributed by atoms with E-state index >= 15 is 0 Å². The molecule has 0 saturated carbocycles. The largest absolute Gasteiger partial charge is 0.373 e. The van der Waals surface area contributed by atoms with E-state index < -0.39 is 0 Å². The molecule has 0 aromatic heterocycles. The Morgan fingerprint density at radius 2 is 1.79 bits per heavy atom. The molecule has 0 radical (unpaired) electrons. The van der Waals surface area contributed by atoms with Crippen LogP contribution in [0.15, 0.2) is 0 Å². The molecule has 1 aliphatic rings. The summed E-state index contributed by atoms with van der Waals surface area (Å²) in [5, 5.41) is 3.16. The molecule has 0 aliphatic carbocycles. The van der Waals surface area contributed by atoms with Crippen LogP contribution in [0.2, 0.25) is 0 Å². The second kappa shape index (κ2) is 13.2. The Labute approximate surface area is 160 Å². The highest BCUT2D eigenvalue weighted by Crippen LogP contribution is 2.19. The van der Waals surface area contributed by atoms with Crippen molar-refractivity contribution in [2.24, 2.45) is 11.7 Å². The van der Waals surface area contributed by atoms with Crippen LogP contribution in [0.25, 0.3) is 0 Å². The Balaban J connectivity index is 0. The molecule has 1 aliphatic heterocycles. The van der Waals surface area contributed by atoms with Crippen molar-refractivity contribution in [1.82, 2.24) is 10.2 Å². The van der Waals surface area contributed by atoms with Gasteiger partial charge in [-0.1, -0.05) is 33.6 Å². The van der Waals surface area contributed by atoms with Gasteiger partial charge in [-0.3, -0.25) is 9.69 Å². The van der Waals surface area contributed by atoms with Crippen molar-refractivity contribution in [3.8, 4) is 0 Å². The molecule has 3 N–H and O–H groups in total. The first-order valence-electron chi connectivity index (χ1n) is 8.78. The van der Waals surface area contributed by atoms with E-state index in [9.17, 15) is 4.79 Å². The van der Waals surface area contributed by atoms with Gasteiger partial charge in [0.05, 0.1) is 18.2 Å². The lowest BCUT2D eigenvalue weighted by Gasteiger charge is -2.41. The number of hydrogen-bond donors (Lipinski definition) is 2. The fraction of sp³-hybridized carbons (Fsp3) is 0.941. The average molecular weight is 386 g/mol. The van der Waals surface area contributed by atoms with Crippen molar-refractivity contribution in [3.05, 3.63) is 0 Å². The zero-order valence-electron chi connectivity index (χ0n) is 15.8. The summed E-state index contributed by atoms with van der Waals surface area (Å²) in [6.45, 7) is 12.6. The number of hydrogen-bond acceptors (Lipinski definition) is 4. The van der Waals surface area contributed by atoms with Crippen LogP contribution in [0, 0.1) is 5.92 Å². The van der Waals surface area contributed by atoms with Crippen molar-refractivity contribution in [1.29, 1.82) is 0 Å². The number of amides is 1. The minimum Gasteiger partial charge on any atom is -0.373 e. The number of ether oxygens (including phenoxy) is 1. The highest BCUT2D eigenvalue weighted by molar-refractivity contribution is 5.85. The van der Waals surface area contributed by atoms with Crippen LogP contribution in [0.4, 0.5) is 0 Å². The van der Waals surface area contributed by atoms with Gasteiger partial charge in [0.25, 0.3) is 0 Å². The van der Waals surface area contributed by atoms with Crippen LogP contribution in [-0.4, -0.2) is 54.7 Å². The zero-order valence-corrected chi connectivity index (χ0v) is 17.4. The van der Waals surface area contributed by atoms with E-state index in [1.54, 1.807) is 0 Å². The van der Waals surface area contributed by atoms with Crippen LogP contribution in [0.3, 0.4) is 0 Å². The Morgan fingerprint density at radius 1 is 1.25 bits per heavy atom.